The van der Waals surface area contributed by atoms with E-state index in [1.807, 2.05) is 27.7 Å². The molecule has 6 nitrogen and oxygen atoms in total. The zero-order valence-corrected chi connectivity index (χ0v) is 20.1. The molecule has 0 spiro atoms. The molecule has 1 aliphatic heterocycles. The van der Waals surface area contributed by atoms with Gasteiger partial charge in [-0.25, -0.2) is 22.8 Å². The van der Waals surface area contributed by atoms with Crippen molar-refractivity contribution in [3.8, 4) is 0 Å². The first-order chi connectivity index (χ1) is 14.6. The topological polar surface area (TPSA) is 66.4 Å². The third kappa shape index (κ3) is 5.35. The Morgan fingerprint density at radius 1 is 1.13 bits per heavy atom. The average molecular weight is 469 g/mol. The number of rotatable bonds is 7. The number of anilines is 1. The van der Waals surface area contributed by atoms with Gasteiger partial charge in [0.1, 0.15) is 17.5 Å². The summed E-state index contributed by atoms with van der Waals surface area (Å²) in [4.78, 5) is 11.6. The van der Waals surface area contributed by atoms with Crippen LogP contribution in [-0.4, -0.2) is 54.6 Å². The van der Waals surface area contributed by atoms with Gasteiger partial charge in [0.2, 0.25) is 10.0 Å². The summed E-state index contributed by atoms with van der Waals surface area (Å²) in [5, 5.41) is 0.369. The van der Waals surface area contributed by atoms with Crippen LogP contribution in [-0.2, 0) is 16.4 Å². The first-order valence-electron chi connectivity index (χ1n) is 10.7. The lowest BCUT2D eigenvalue weighted by Crippen LogP contribution is -2.49. The maximum atomic E-state index is 14.5. The van der Waals surface area contributed by atoms with Gasteiger partial charge < -0.3 is 4.90 Å². The molecule has 1 fully saturated rings. The molecule has 0 bridgehead atoms. The molecule has 0 N–H and O–H groups in total. The van der Waals surface area contributed by atoms with Crippen molar-refractivity contribution in [3.05, 3.63) is 51.7 Å². The van der Waals surface area contributed by atoms with Crippen molar-refractivity contribution >= 4 is 27.4 Å². The number of benzene rings is 1. The van der Waals surface area contributed by atoms with E-state index in [-0.39, 0.29) is 23.9 Å². The molecule has 2 aromatic rings. The van der Waals surface area contributed by atoms with E-state index in [1.165, 1.54) is 6.07 Å². The number of halogens is 2. The fourth-order valence-corrected chi connectivity index (χ4v) is 5.50. The minimum absolute atomic E-state index is 0.134. The fourth-order valence-electron chi connectivity index (χ4n) is 3.77. The van der Waals surface area contributed by atoms with Crippen molar-refractivity contribution in [1.29, 1.82) is 0 Å². The van der Waals surface area contributed by atoms with Crippen LogP contribution in [0.2, 0.25) is 5.02 Å². The molecule has 2 heterocycles. The van der Waals surface area contributed by atoms with E-state index in [0.717, 1.165) is 22.9 Å². The molecule has 0 unspecified atom stereocenters. The smallest absolute Gasteiger partial charge is 0.214 e. The van der Waals surface area contributed by atoms with Crippen molar-refractivity contribution < 1.29 is 12.8 Å². The number of hydrogen-bond donors (Lipinski definition) is 0. The quantitative estimate of drug-likeness (QED) is 0.610. The minimum Gasteiger partial charge on any atom is -0.354 e. The molecule has 9 heteroatoms. The third-order valence-corrected chi connectivity index (χ3v) is 7.96. The van der Waals surface area contributed by atoms with Gasteiger partial charge in [0, 0.05) is 60.4 Å². The average Bonchev–Trinajstić information content (AvgIpc) is 2.71. The van der Waals surface area contributed by atoms with Gasteiger partial charge >= 0.3 is 0 Å². The third-order valence-electron chi connectivity index (χ3n) is 5.53. The predicted molar refractivity (Wildman–Crippen MR) is 123 cm³/mol. The highest BCUT2D eigenvalue weighted by atomic mass is 35.5. The summed E-state index contributed by atoms with van der Waals surface area (Å²) in [6.45, 7) is 9.69. The molecule has 0 aliphatic carbocycles. The Balaban J connectivity index is 1.95. The number of sulfonamides is 1. The normalized spacial score (nSPS) is 15.6. The van der Waals surface area contributed by atoms with Crippen LogP contribution in [0.3, 0.4) is 0 Å². The molecule has 0 amide bonds. The Morgan fingerprint density at radius 2 is 1.81 bits per heavy atom. The van der Waals surface area contributed by atoms with Gasteiger partial charge in [0.25, 0.3) is 0 Å². The number of aryl methyl sites for hydroxylation is 1. The van der Waals surface area contributed by atoms with Crippen LogP contribution in [0.25, 0.3) is 0 Å². The van der Waals surface area contributed by atoms with Crippen LogP contribution in [0.1, 0.15) is 55.8 Å². The molecule has 3 rings (SSSR count). The SMILES string of the molecule is CCCS(=O)(=O)N1CCN(c2nc(C(C)C)nc(C)c2Cc2c(F)cccc2Cl)CC1. The lowest BCUT2D eigenvalue weighted by atomic mass is 10.0. The van der Waals surface area contributed by atoms with Crippen LogP contribution in [0.5, 0.6) is 0 Å². The number of nitrogens with zero attached hydrogens (tertiary/aromatic N) is 4. The van der Waals surface area contributed by atoms with Crippen LogP contribution in [0.15, 0.2) is 18.2 Å². The zero-order chi connectivity index (χ0) is 22.8. The fraction of sp³-hybridized carbons (Fsp3) is 0.545. The van der Waals surface area contributed by atoms with Gasteiger partial charge in [-0.3, -0.25) is 0 Å². The molecule has 0 atom stereocenters. The first kappa shape index (κ1) is 23.9. The molecule has 1 aliphatic rings. The zero-order valence-electron chi connectivity index (χ0n) is 18.5. The van der Waals surface area contributed by atoms with Gasteiger partial charge in [-0.05, 0) is 25.5 Å². The van der Waals surface area contributed by atoms with Crippen molar-refractivity contribution in [2.45, 2.75) is 46.5 Å². The van der Waals surface area contributed by atoms with E-state index in [1.54, 1.807) is 16.4 Å². The molecule has 1 aromatic heterocycles. The van der Waals surface area contributed by atoms with E-state index in [2.05, 4.69) is 9.88 Å². The second-order valence-corrected chi connectivity index (χ2v) is 10.7. The number of hydrogen-bond acceptors (Lipinski definition) is 5. The predicted octanol–water partition coefficient (Wildman–Crippen LogP) is 4.15. The summed E-state index contributed by atoms with van der Waals surface area (Å²) in [6.07, 6.45) is 0.873. The second kappa shape index (κ2) is 9.79. The summed E-state index contributed by atoms with van der Waals surface area (Å²) in [6, 6.07) is 4.66. The molecule has 31 heavy (non-hydrogen) atoms. The maximum absolute atomic E-state index is 14.5. The molecular formula is C22H30ClFN4O2S. The summed E-state index contributed by atoms with van der Waals surface area (Å²) < 4.78 is 40.9. The Hall–Kier alpha value is -1.77. The van der Waals surface area contributed by atoms with Crippen LogP contribution >= 0.6 is 11.6 Å². The largest absolute Gasteiger partial charge is 0.354 e. The Kier molecular flexibility index (Phi) is 7.55. The molecule has 1 aromatic carbocycles. The van der Waals surface area contributed by atoms with E-state index < -0.39 is 10.0 Å². The van der Waals surface area contributed by atoms with Crippen LogP contribution < -0.4 is 4.90 Å². The molecule has 1 saturated heterocycles. The minimum atomic E-state index is -3.23. The highest BCUT2D eigenvalue weighted by Gasteiger charge is 2.29. The molecule has 170 valence electrons. The number of piperazine rings is 1. The molecule has 0 radical (unpaired) electrons. The molecule has 0 saturated carbocycles. The Labute approximate surface area is 189 Å². The highest BCUT2D eigenvalue weighted by molar-refractivity contribution is 7.89. The second-order valence-electron chi connectivity index (χ2n) is 8.20. The highest BCUT2D eigenvalue weighted by Crippen LogP contribution is 2.30. The Bertz CT molecular complexity index is 1020. The van der Waals surface area contributed by atoms with E-state index >= 15 is 0 Å². The van der Waals surface area contributed by atoms with Crippen LogP contribution in [0, 0.1) is 12.7 Å². The lowest BCUT2D eigenvalue weighted by Gasteiger charge is -2.36. The maximum Gasteiger partial charge on any atom is 0.214 e. The standard InChI is InChI=1S/C22H30ClFN4O2S/c1-5-13-31(29,30)28-11-9-27(10-12-28)22-17(16(4)25-21(26-22)15(2)3)14-18-19(23)7-6-8-20(18)24/h6-8,15H,5,9-14H2,1-4H3. The summed E-state index contributed by atoms with van der Waals surface area (Å²) in [7, 11) is -3.23. The summed E-state index contributed by atoms with van der Waals surface area (Å²) in [5.41, 5.74) is 2.02. The summed E-state index contributed by atoms with van der Waals surface area (Å²) >= 11 is 6.28. The van der Waals surface area contributed by atoms with E-state index in [4.69, 9.17) is 16.6 Å². The van der Waals surface area contributed by atoms with Gasteiger partial charge in [-0.15, -0.1) is 0 Å². The van der Waals surface area contributed by atoms with Crippen molar-refractivity contribution in [1.82, 2.24) is 14.3 Å². The monoisotopic (exact) mass is 468 g/mol. The lowest BCUT2D eigenvalue weighted by molar-refractivity contribution is 0.383. The van der Waals surface area contributed by atoms with Gasteiger partial charge in [0.05, 0.1) is 5.75 Å². The first-order valence-corrected chi connectivity index (χ1v) is 12.7. The van der Waals surface area contributed by atoms with E-state index in [9.17, 15) is 12.8 Å². The van der Waals surface area contributed by atoms with Crippen LogP contribution in [0.4, 0.5) is 10.2 Å². The van der Waals surface area contributed by atoms with Crippen molar-refractivity contribution in [2.24, 2.45) is 0 Å². The van der Waals surface area contributed by atoms with Gasteiger partial charge in [-0.1, -0.05) is 38.4 Å². The molecular weight excluding hydrogens is 439 g/mol. The van der Waals surface area contributed by atoms with Crippen molar-refractivity contribution in [3.63, 3.8) is 0 Å². The number of aromatic nitrogens is 2. The summed E-state index contributed by atoms with van der Waals surface area (Å²) in [5.74, 6) is 1.39. The van der Waals surface area contributed by atoms with Crippen molar-refractivity contribution in [2.75, 3.05) is 36.8 Å². The van der Waals surface area contributed by atoms with Gasteiger partial charge in [-0.2, -0.15) is 4.31 Å². The Morgan fingerprint density at radius 3 is 2.39 bits per heavy atom. The van der Waals surface area contributed by atoms with E-state index in [0.29, 0.717) is 43.2 Å². The van der Waals surface area contributed by atoms with Gasteiger partial charge in [0.15, 0.2) is 0 Å².